The van der Waals surface area contributed by atoms with E-state index in [4.69, 9.17) is 28.4 Å². The molecule has 0 amide bonds. The van der Waals surface area contributed by atoms with Crippen molar-refractivity contribution in [1.82, 2.24) is 0 Å². The molecule has 10 nitrogen and oxygen atoms in total. The van der Waals surface area contributed by atoms with Crippen LogP contribution in [0.5, 0.6) is 23.0 Å². The van der Waals surface area contributed by atoms with Crippen LogP contribution in [0.25, 0.3) is 33.4 Å². The molecule has 10 heteroatoms. The number of ether oxygens (including phenoxy) is 6. The predicted octanol–water partition coefficient (Wildman–Crippen LogP) is 19.4. The monoisotopic (exact) mass is 1320 g/mol. The number of aliphatic hydroxyl groups excluding tert-OH is 2. The highest BCUT2D eigenvalue weighted by molar-refractivity contribution is 5.92. The second kappa shape index (κ2) is 27.2. The first kappa shape index (κ1) is 64.0. The Balaban J connectivity index is 0.753. The van der Waals surface area contributed by atoms with Gasteiger partial charge in [-0.25, -0.2) is 0 Å². The quantitative estimate of drug-likeness (QED) is 0.0575. The van der Waals surface area contributed by atoms with Gasteiger partial charge in [0.2, 0.25) is 0 Å². The van der Waals surface area contributed by atoms with Gasteiger partial charge in [0.05, 0.1) is 74.5 Å². The number of fused-ring (bicyclic) bond motifs is 6. The van der Waals surface area contributed by atoms with Crippen LogP contribution in [-0.2, 0) is 20.3 Å². The predicted molar refractivity (Wildman–Crippen MR) is 399 cm³/mol. The van der Waals surface area contributed by atoms with Gasteiger partial charge in [-0.1, -0.05) is 184 Å². The van der Waals surface area contributed by atoms with Gasteiger partial charge in [-0.3, -0.25) is 0 Å². The molecule has 4 aliphatic rings. The summed E-state index contributed by atoms with van der Waals surface area (Å²) in [6.45, 7) is 8.81. The zero-order valence-electron chi connectivity index (χ0n) is 56.4. The van der Waals surface area contributed by atoms with Crippen LogP contribution in [0.15, 0.2) is 291 Å². The van der Waals surface area contributed by atoms with Gasteiger partial charge < -0.3 is 48.4 Å². The summed E-state index contributed by atoms with van der Waals surface area (Å²) in [4.78, 5) is 4.72. The van der Waals surface area contributed by atoms with Crippen molar-refractivity contribution in [2.75, 3.05) is 75.9 Å². The molecular formula is C90H80N2O8. The standard InChI is InChI=1S/C90H80N2O8/c1-3-87(57-95-58-87)61-99-77-45-31-67(32-46-77)89(65-27-41-75(42-28-65)97-53-51-93)83-21-13-11-19-79(83)81-49-39-73(55-85(81)89)91(69-15-7-5-8-16-69)71-35-23-63(24-36-71)64-25-37-72(38-26-64)92(70-17-9-6-10-18-70)74-40-50-82-80-20-12-14-22-84(80)90(86(82)56-74,66-29-43-76(44-30-66)98-54-52-94)68-33-47-78(48-34-68)100-62-88(4-2)59-96-60-88/h5-50,55-56,93-94H,3-4,51-54,57-62H2,1-2H3. The lowest BCUT2D eigenvalue weighted by Gasteiger charge is -2.40. The molecule has 12 aromatic carbocycles. The highest BCUT2D eigenvalue weighted by atomic mass is 16.5. The third-order valence-corrected chi connectivity index (χ3v) is 21.3. The molecule has 0 bridgehead atoms. The molecule has 2 heterocycles. The summed E-state index contributed by atoms with van der Waals surface area (Å²) in [6.07, 6.45) is 2.00. The van der Waals surface area contributed by atoms with E-state index in [2.05, 4.69) is 291 Å². The van der Waals surface area contributed by atoms with E-state index in [1.807, 2.05) is 24.3 Å². The van der Waals surface area contributed by atoms with Crippen LogP contribution in [0.2, 0.25) is 0 Å². The summed E-state index contributed by atoms with van der Waals surface area (Å²) < 4.78 is 36.3. The molecule has 0 radical (unpaired) electrons. The Hall–Kier alpha value is -10.7. The van der Waals surface area contributed by atoms with Gasteiger partial charge >= 0.3 is 0 Å². The summed E-state index contributed by atoms with van der Waals surface area (Å²) in [7, 11) is 0. The van der Waals surface area contributed by atoms with Crippen molar-refractivity contribution < 1.29 is 38.6 Å². The summed E-state index contributed by atoms with van der Waals surface area (Å²) >= 11 is 0. The maximum absolute atomic E-state index is 9.69. The Kier molecular flexibility index (Phi) is 17.4. The molecule has 16 rings (SSSR count). The van der Waals surface area contributed by atoms with Crippen LogP contribution >= 0.6 is 0 Å². The van der Waals surface area contributed by atoms with Crippen LogP contribution in [0.4, 0.5) is 34.1 Å². The highest BCUT2D eigenvalue weighted by Crippen LogP contribution is 2.60. The maximum atomic E-state index is 9.69. The van der Waals surface area contributed by atoms with Crippen LogP contribution < -0.4 is 28.7 Å². The van der Waals surface area contributed by atoms with Gasteiger partial charge in [0.25, 0.3) is 0 Å². The Morgan fingerprint density at radius 1 is 0.310 bits per heavy atom. The van der Waals surface area contributed by atoms with Crippen molar-refractivity contribution in [3.63, 3.8) is 0 Å². The lowest BCUT2D eigenvalue weighted by atomic mass is 9.67. The molecule has 100 heavy (non-hydrogen) atoms. The topological polar surface area (TPSA) is 102 Å². The lowest BCUT2D eigenvalue weighted by Crippen LogP contribution is -2.46. The van der Waals surface area contributed by atoms with Crippen molar-refractivity contribution in [2.24, 2.45) is 10.8 Å². The van der Waals surface area contributed by atoms with Crippen molar-refractivity contribution in [3.05, 3.63) is 336 Å². The largest absolute Gasteiger partial charge is 0.493 e. The van der Waals surface area contributed by atoms with E-state index in [1.165, 1.54) is 44.5 Å². The summed E-state index contributed by atoms with van der Waals surface area (Å²) in [6, 6.07) is 105. The second-order valence-electron chi connectivity index (χ2n) is 27.0. The van der Waals surface area contributed by atoms with E-state index in [-0.39, 0.29) is 37.3 Å². The number of anilines is 6. The third-order valence-electron chi connectivity index (χ3n) is 21.3. The SMILES string of the molecule is CCC1(COc2ccc(C3(c4ccc(OCCO)cc4)c4ccccc4-c4ccc(N(c5ccccc5)c5ccc(-c6ccc(N(c7ccccc7)c7ccc8c(c7)C(c7ccc(OCCO)cc7)(c7ccc(OCC9(CC)COC9)cc7)c7ccccc7-8)cc6)cc5)cc43)cc2)COC1. The molecule has 2 saturated heterocycles. The molecule has 0 saturated carbocycles. The van der Waals surface area contributed by atoms with Gasteiger partial charge in [0, 0.05) is 34.1 Å². The first-order valence-corrected chi connectivity index (χ1v) is 35.0. The molecule has 2 N–H and O–H groups in total. The maximum Gasteiger partial charge on any atom is 0.119 e. The molecule has 498 valence electrons. The number of aliphatic hydroxyl groups is 2. The summed E-state index contributed by atoms with van der Waals surface area (Å²) in [5.74, 6) is 3.06. The minimum absolute atomic E-state index is 0.0457. The van der Waals surface area contributed by atoms with Gasteiger partial charge in [-0.05, 0) is 212 Å². The number of hydrogen-bond donors (Lipinski definition) is 2. The fourth-order valence-corrected chi connectivity index (χ4v) is 15.6. The molecule has 2 aliphatic carbocycles. The first-order chi connectivity index (χ1) is 49.3. The molecule has 2 atom stereocenters. The normalized spacial score (nSPS) is 17.1. The fourth-order valence-electron chi connectivity index (χ4n) is 15.6. The van der Waals surface area contributed by atoms with E-state index in [9.17, 15) is 10.2 Å². The zero-order valence-corrected chi connectivity index (χ0v) is 56.4. The number of para-hydroxylation sites is 2. The lowest BCUT2D eigenvalue weighted by molar-refractivity contribution is -0.133. The van der Waals surface area contributed by atoms with Crippen LogP contribution in [0.1, 0.15) is 71.2 Å². The summed E-state index contributed by atoms with van der Waals surface area (Å²) in [5, 5.41) is 19.4. The molecule has 2 aliphatic heterocycles. The third kappa shape index (κ3) is 11.3. The van der Waals surface area contributed by atoms with E-state index >= 15 is 0 Å². The second-order valence-corrected chi connectivity index (χ2v) is 27.0. The Morgan fingerprint density at radius 2 is 0.610 bits per heavy atom. The van der Waals surface area contributed by atoms with Crippen molar-refractivity contribution in [1.29, 1.82) is 0 Å². The average molecular weight is 1320 g/mol. The number of rotatable bonds is 25. The smallest absolute Gasteiger partial charge is 0.119 e. The van der Waals surface area contributed by atoms with Crippen LogP contribution in [-0.4, -0.2) is 76.3 Å². The molecule has 0 aromatic heterocycles. The molecule has 12 aromatic rings. The summed E-state index contributed by atoms with van der Waals surface area (Å²) in [5.41, 5.74) is 20.8. The minimum atomic E-state index is -0.731. The molecule has 0 spiro atoms. The van der Waals surface area contributed by atoms with E-state index in [0.29, 0.717) is 24.7 Å². The van der Waals surface area contributed by atoms with Crippen molar-refractivity contribution in [2.45, 2.75) is 37.5 Å². The van der Waals surface area contributed by atoms with E-state index in [0.717, 1.165) is 118 Å². The Labute approximate surface area is 585 Å². The average Bonchev–Trinajstić information content (AvgIpc) is 1.52. The van der Waals surface area contributed by atoms with Crippen LogP contribution in [0, 0.1) is 10.8 Å². The van der Waals surface area contributed by atoms with E-state index < -0.39 is 10.8 Å². The number of benzene rings is 12. The number of nitrogens with zero attached hydrogens (tertiary/aromatic N) is 2. The fraction of sp³-hybridized carbons (Fsp3) is 0.200. The molecule has 2 unspecified atom stereocenters. The van der Waals surface area contributed by atoms with Gasteiger partial charge in [-0.2, -0.15) is 0 Å². The zero-order chi connectivity index (χ0) is 67.7. The number of hydrogen-bond acceptors (Lipinski definition) is 10. The Morgan fingerprint density at radius 3 is 0.930 bits per heavy atom. The highest BCUT2D eigenvalue weighted by Gasteiger charge is 2.49. The van der Waals surface area contributed by atoms with Crippen molar-refractivity contribution >= 4 is 34.1 Å². The first-order valence-electron chi connectivity index (χ1n) is 35.0. The minimum Gasteiger partial charge on any atom is -0.493 e. The van der Waals surface area contributed by atoms with Gasteiger partial charge in [-0.15, -0.1) is 0 Å². The van der Waals surface area contributed by atoms with Crippen molar-refractivity contribution in [3.8, 4) is 56.4 Å². The van der Waals surface area contributed by atoms with Gasteiger partial charge in [0.15, 0.2) is 0 Å². The van der Waals surface area contributed by atoms with Gasteiger partial charge in [0.1, 0.15) is 36.2 Å². The van der Waals surface area contributed by atoms with Crippen LogP contribution in [0.3, 0.4) is 0 Å². The Bertz CT molecular complexity index is 4510. The van der Waals surface area contributed by atoms with E-state index in [1.54, 1.807) is 0 Å². The molecule has 2 fully saturated rings. The molecular weight excluding hydrogens is 1240 g/mol.